The predicted octanol–water partition coefficient (Wildman–Crippen LogP) is 1.40. The molecule has 1 atom stereocenters. The Labute approximate surface area is 102 Å². The van der Waals surface area contributed by atoms with Gasteiger partial charge >= 0.3 is 5.97 Å². The first-order chi connectivity index (χ1) is 8.11. The van der Waals surface area contributed by atoms with Gasteiger partial charge in [0.1, 0.15) is 16.5 Å². The van der Waals surface area contributed by atoms with Crippen LogP contribution in [0.5, 0.6) is 11.5 Å². The summed E-state index contributed by atoms with van der Waals surface area (Å²) in [5, 5.41) is 9.00. The number of aliphatic hydroxyl groups is 1. The van der Waals surface area contributed by atoms with E-state index in [1.165, 1.54) is 0 Å². The molecule has 1 N–H and O–H groups in total. The van der Waals surface area contributed by atoms with E-state index in [4.69, 9.17) is 26.2 Å². The van der Waals surface area contributed by atoms with Crippen molar-refractivity contribution in [3.05, 3.63) is 35.1 Å². The Kier molecular flexibility index (Phi) is 3.21. The second kappa shape index (κ2) is 4.65. The van der Waals surface area contributed by atoms with Gasteiger partial charge in [0.25, 0.3) is 0 Å². The molecule has 0 saturated carbocycles. The summed E-state index contributed by atoms with van der Waals surface area (Å²) >= 11 is 5.67. The second-order valence-electron chi connectivity index (χ2n) is 3.21. The van der Waals surface area contributed by atoms with E-state index in [0.29, 0.717) is 11.5 Å². The van der Waals surface area contributed by atoms with Crippen LogP contribution < -0.4 is 9.47 Å². The summed E-state index contributed by atoms with van der Waals surface area (Å²) in [6.45, 7) is 0. The van der Waals surface area contributed by atoms with E-state index in [0.717, 1.165) is 0 Å². The number of aliphatic hydroxyl groups excluding tert-OH is 1. The molecule has 1 heterocycles. The van der Waals surface area contributed by atoms with Crippen molar-refractivity contribution >= 4 is 17.6 Å². The van der Waals surface area contributed by atoms with Gasteiger partial charge < -0.3 is 19.3 Å². The average Bonchev–Trinajstić information content (AvgIpc) is 2.57. The molecule has 0 radical (unpaired) electrons. The van der Waals surface area contributed by atoms with E-state index < -0.39 is 12.3 Å². The Morgan fingerprint density at radius 1 is 1.29 bits per heavy atom. The van der Waals surface area contributed by atoms with Crippen molar-refractivity contribution in [1.29, 1.82) is 0 Å². The fourth-order valence-electron chi connectivity index (χ4n) is 1.27. The van der Waals surface area contributed by atoms with Crippen molar-refractivity contribution < 1.29 is 24.1 Å². The SMILES string of the molecule is COc1ccc(OC2=C(Cl)[C@H](O)OC2=O)cc1. The molecule has 6 heteroatoms. The molecule has 0 bridgehead atoms. The molecule has 0 saturated heterocycles. The van der Waals surface area contributed by atoms with Gasteiger partial charge in [-0.1, -0.05) is 11.6 Å². The maximum atomic E-state index is 11.2. The number of ether oxygens (including phenoxy) is 3. The first kappa shape index (κ1) is 11.8. The predicted molar refractivity (Wildman–Crippen MR) is 58.6 cm³/mol. The van der Waals surface area contributed by atoms with Crippen LogP contribution >= 0.6 is 11.6 Å². The molecule has 0 aromatic heterocycles. The molecule has 17 heavy (non-hydrogen) atoms. The monoisotopic (exact) mass is 256 g/mol. The van der Waals surface area contributed by atoms with Crippen molar-refractivity contribution in [3.63, 3.8) is 0 Å². The number of methoxy groups -OCH3 is 1. The number of hydrogen-bond acceptors (Lipinski definition) is 5. The molecule has 1 aliphatic rings. The van der Waals surface area contributed by atoms with E-state index >= 15 is 0 Å². The third kappa shape index (κ3) is 2.35. The minimum atomic E-state index is -1.45. The van der Waals surface area contributed by atoms with Crippen LogP contribution in [0.3, 0.4) is 0 Å². The van der Waals surface area contributed by atoms with Crippen LogP contribution in [-0.4, -0.2) is 24.5 Å². The molecule has 0 aliphatic carbocycles. The van der Waals surface area contributed by atoms with Crippen LogP contribution in [0, 0.1) is 0 Å². The number of carbonyl (C=O) groups excluding carboxylic acids is 1. The number of rotatable bonds is 3. The van der Waals surface area contributed by atoms with Gasteiger partial charge in [-0.15, -0.1) is 0 Å². The minimum Gasteiger partial charge on any atom is -0.497 e. The average molecular weight is 257 g/mol. The van der Waals surface area contributed by atoms with Crippen LogP contribution in [0.4, 0.5) is 0 Å². The molecule has 0 amide bonds. The molecule has 5 nitrogen and oxygen atoms in total. The van der Waals surface area contributed by atoms with Gasteiger partial charge in [0.15, 0.2) is 0 Å². The second-order valence-corrected chi connectivity index (χ2v) is 3.62. The Hall–Kier alpha value is -1.72. The molecule has 0 spiro atoms. The molecular formula is C11H9ClO5. The summed E-state index contributed by atoms with van der Waals surface area (Å²) in [7, 11) is 1.54. The molecule has 2 rings (SSSR count). The molecule has 90 valence electrons. The highest BCUT2D eigenvalue weighted by molar-refractivity contribution is 6.32. The summed E-state index contributed by atoms with van der Waals surface area (Å²) in [5.41, 5.74) is 0. The molecule has 0 unspecified atom stereocenters. The van der Waals surface area contributed by atoms with E-state index in [2.05, 4.69) is 4.74 Å². The van der Waals surface area contributed by atoms with Crippen molar-refractivity contribution in [2.45, 2.75) is 6.29 Å². The molecule has 1 aromatic rings. The van der Waals surface area contributed by atoms with Gasteiger partial charge in [-0.2, -0.15) is 0 Å². The highest BCUT2D eigenvalue weighted by Crippen LogP contribution is 2.28. The van der Waals surface area contributed by atoms with Gasteiger partial charge in [-0.25, -0.2) is 4.79 Å². The number of esters is 1. The summed E-state index contributed by atoms with van der Waals surface area (Å²) in [5.74, 6) is 0.0547. The third-order valence-electron chi connectivity index (χ3n) is 2.12. The van der Waals surface area contributed by atoms with Crippen molar-refractivity contribution in [2.24, 2.45) is 0 Å². The highest BCUT2D eigenvalue weighted by atomic mass is 35.5. The molecule has 0 fully saturated rings. The fourth-order valence-corrected chi connectivity index (χ4v) is 1.43. The van der Waals surface area contributed by atoms with E-state index in [-0.39, 0.29) is 10.8 Å². The largest absolute Gasteiger partial charge is 0.497 e. The topological polar surface area (TPSA) is 65.0 Å². The Morgan fingerprint density at radius 3 is 2.35 bits per heavy atom. The normalized spacial score (nSPS) is 19.2. The molecular weight excluding hydrogens is 248 g/mol. The maximum Gasteiger partial charge on any atom is 0.378 e. The summed E-state index contributed by atoms with van der Waals surface area (Å²) in [4.78, 5) is 11.2. The van der Waals surface area contributed by atoms with Gasteiger partial charge in [0.05, 0.1) is 7.11 Å². The summed E-state index contributed by atoms with van der Waals surface area (Å²) in [6, 6.07) is 6.54. The Balaban J connectivity index is 2.18. The van der Waals surface area contributed by atoms with Crippen LogP contribution in [0.15, 0.2) is 35.1 Å². The van der Waals surface area contributed by atoms with Crippen molar-refractivity contribution in [2.75, 3.05) is 7.11 Å². The Morgan fingerprint density at radius 2 is 1.88 bits per heavy atom. The van der Waals surface area contributed by atoms with E-state index in [1.54, 1.807) is 31.4 Å². The number of hydrogen-bond donors (Lipinski definition) is 1. The standard InChI is InChI=1S/C11H9ClO5/c1-15-6-2-4-7(5-3-6)16-9-8(12)10(13)17-11(9)14/h2-5,10,13H,1H3/t10-/m1/s1. The molecule has 1 aliphatic heterocycles. The van der Waals surface area contributed by atoms with E-state index in [1.807, 2.05) is 0 Å². The molecule has 1 aromatic carbocycles. The van der Waals surface area contributed by atoms with E-state index in [9.17, 15) is 4.79 Å². The minimum absolute atomic E-state index is 0.161. The first-order valence-electron chi connectivity index (χ1n) is 4.72. The van der Waals surface area contributed by atoms with Gasteiger partial charge in [-0.05, 0) is 24.3 Å². The van der Waals surface area contributed by atoms with Crippen LogP contribution in [0.1, 0.15) is 0 Å². The number of carbonyl (C=O) groups is 1. The van der Waals surface area contributed by atoms with Crippen molar-refractivity contribution in [1.82, 2.24) is 0 Å². The quantitative estimate of drug-likeness (QED) is 0.828. The van der Waals surface area contributed by atoms with Crippen LogP contribution in [0.2, 0.25) is 0 Å². The lowest BCUT2D eigenvalue weighted by Crippen LogP contribution is -2.08. The number of benzene rings is 1. The van der Waals surface area contributed by atoms with Gasteiger partial charge in [0, 0.05) is 0 Å². The van der Waals surface area contributed by atoms with Crippen molar-refractivity contribution in [3.8, 4) is 11.5 Å². The van der Waals surface area contributed by atoms with Gasteiger partial charge in [0.2, 0.25) is 12.0 Å². The zero-order valence-corrected chi connectivity index (χ0v) is 9.60. The lowest BCUT2D eigenvalue weighted by atomic mass is 10.3. The van der Waals surface area contributed by atoms with Gasteiger partial charge in [-0.3, -0.25) is 0 Å². The highest BCUT2D eigenvalue weighted by Gasteiger charge is 2.34. The Bertz CT molecular complexity index is 465. The lowest BCUT2D eigenvalue weighted by Gasteiger charge is -2.05. The maximum absolute atomic E-state index is 11.2. The fraction of sp³-hybridized carbons (Fsp3) is 0.182. The van der Waals surface area contributed by atoms with Crippen LogP contribution in [-0.2, 0) is 9.53 Å². The zero-order valence-electron chi connectivity index (χ0n) is 8.84. The zero-order chi connectivity index (χ0) is 12.4. The smallest absolute Gasteiger partial charge is 0.378 e. The van der Waals surface area contributed by atoms with Crippen LogP contribution in [0.25, 0.3) is 0 Å². The number of cyclic esters (lactones) is 1. The lowest BCUT2D eigenvalue weighted by molar-refractivity contribution is -0.153. The summed E-state index contributed by atoms with van der Waals surface area (Å²) in [6.07, 6.45) is -1.45. The third-order valence-corrected chi connectivity index (χ3v) is 2.48. The first-order valence-corrected chi connectivity index (χ1v) is 5.10. The summed E-state index contributed by atoms with van der Waals surface area (Å²) < 4.78 is 14.7. The number of halogens is 1.